The highest BCUT2D eigenvalue weighted by atomic mass is 16.7. The summed E-state index contributed by atoms with van der Waals surface area (Å²) < 4.78 is 22.0. The minimum atomic E-state index is 0.296. The summed E-state index contributed by atoms with van der Waals surface area (Å²) in [6.45, 7) is 0.592. The van der Waals surface area contributed by atoms with Gasteiger partial charge in [0, 0.05) is 0 Å². The van der Waals surface area contributed by atoms with Gasteiger partial charge in [-0.2, -0.15) is 0 Å². The molecule has 0 N–H and O–H groups in total. The number of rotatable bonds is 2. The van der Waals surface area contributed by atoms with Crippen LogP contribution in [-0.2, 0) is 12.8 Å². The Morgan fingerprint density at radius 1 is 0.562 bits per heavy atom. The van der Waals surface area contributed by atoms with Crippen molar-refractivity contribution in [2.75, 3.05) is 13.6 Å². The quantitative estimate of drug-likeness (QED) is 0.544. The van der Waals surface area contributed by atoms with Crippen LogP contribution in [0.15, 0.2) is 42.5 Å². The number of aromatic nitrogens is 1. The Morgan fingerprint density at radius 2 is 1.06 bits per heavy atom. The fraction of sp³-hybridized carbons (Fsp3) is 0.222. The molecule has 5 heteroatoms. The fourth-order valence-corrected chi connectivity index (χ4v) is 5.00. The molecule has 0 bridgehead atoms. The lowest BCUT2D eigenvalue weighted by Gasteiger charge is -2.07. The van der Waals surface area contributed by atoms with Gasteiger partial charge in [0.15, 0.2) is 23.0 Å². The normalized spacial score (nSPS) is 19.6. The van der Waals surface area contributed by atoms with Crippen molar-refractivity contribution in [3.05, 3.63) is 76.1 Å². The molecule has 0 atom stereocenters. The van der Waals surface area contributed by atoms with Gasteiger partial charge in [-0.1, -0.05) is 18.2 Å². The van der Waals surface area contributed by atoms with Gasteiger partial charge in [-0.05, 0) is 95.5 Å². The summed E-state index contributed by atoms with van der Waals surface area (Å²) in [4.78, 5) is 5.19. The van der Waals surface area contributed by atoms with Crippen LogP contribution in [0.2, 0.25) is 0 Å². The third kappa shape index (κ3) is 2.88. The molecule has 7 rings (SSSR count). The number of pyridine rings is 1. The van der Waals surface area contributed by atoms with E-state index in [1.165, 1.54) is 22.3 Å². The molecule has 0 spiro atoms. The average molecular weight is 423 g/mol. The number of ether oxygens (including phenoxy) is 4. The molecular weight excluding hydrogens is 402 g/mol. The number of aryl methyl sites for hydroxylation is 2. The first-order valence-corrected chi connectivity index (χ1v) is 11.0. The van der Waals surface area contributed by atoms with E-state index in [-0.39, 0.29) is 0 Å². The number of hydrogen-bond acceptors (Lipinski definition) is 5. The molecule has 0 fully saturated rings. The van der Waals surface area contributed by atoms with Crippen molar-refractivity contribution in [3.8, 4) is 23.0 Å². The van der Waals surface area contributed by atoms with Gasteiger partial charge in [-0.25, -0.2) is 4.98 Å². The van der Waals surface area contributed by atoms with Crippen LogP contribution < -0.4 is 18.9 Å². The highest BCUT2D eigenvalue weighted by Crippen LogP contribution is 2.41. The summed E-state index contributed by atoms with van der Waals surface area (Å²) in [5.41, 5.74) is 9.82. The van der Waals surface area contributed by atoms with E-state index < -0.39 is 0 Å². The van der Waals surface area contributed by atoms with Crippen LogP contribution in [0.5, 0.6) is 23.0 Å². The maximum atomic E-state index is 5.54. The molecule has 32 heavy (non-hydrogen) atoms. The lowest BCUT2D eigenvalue weighted by atomic mass is 10.1. The summed E-state index contributed by atoms with van der Waals surface area (Å²) in [6, 6.07) is 14.6. The van der Waals surface area contributed by atoms with Crippen LogP contribution >= 0.6 is 0 Å². The zero-order valence-electron chi connectivity index (χ0n) is 17.5. The first kappa shape index (κ1) is 17.9. The molecule has 0 saturated heterocycles. The Hall–Kier alpha value is -3.73. The minimum Gasteiger partial charge on any atom is -0.454 e. The van der Waals surface area contributed by atoms with Crippen LogP contribution in [0, 0.1) is 0 Å². The third-order valence-corrected chi connectivity index (χ3v) is 6.59. The van der Waals surface area contributed by atoms with Crippen molar-refractivity contribution in [2.24, 2.45) is 0 Å². The first-order valence-electron chi connectivity index (χ1n) is 11.0. The van der Waals surface area contributed by atoms with E-state index in [4.69, 9.17) is 23.9 Å². The molecule has 3 heterocycles. The number of nitrogens with zero attached hydrogens (tertiary/aromatic N) is 1. The maximum absolute atomic E-state index is 5.54. The van der Waals surface area contributed by atoms with Crippen LogP contribution in [-0.4, -0.2) is 18.6 Å². The molecule has 1 aromatic heterocycles. The first-order chi connectivity index (χ1) is 15.8. The Kier molecular flexibility index (Phi) is 3.85. The van der Waals surface area contributed by atoms with Crippen LogP contribution in [0.25, 0.3) is 23.3 Å². The van der Waals surface area contributed by atoms with E-state index in [1.54, 1.807) is 0 Å². The van der Waals surface area contributed by atoms with E-state index in [0.717, 1.165) is 71.2 Å². The molecule has 0 radical (unpaired) electrons. The zero-order valence-corrected chi connectivity index (χ0v) is 17.5. The summed E-state index contributed by atoms with van der Waals surface area (Å²) in [7, 11) is 0. The third-order valence-electron chi connectivity index (χ3n) is 6.59. The van der Waals surface area contributed by atoms with Crippen LogP contribution in [0.1, 0.15) is 46.5 Å². The smallest absolute Gasteiger partial charge is 0.231 e. The Morgan fingerprint density at radius 3 is 1.59 bits per heavy atom. The van der Waals surface area contributed by atoms with Gasteiger partial charge in [-0.3, -0.25) is 0 Å². The van der Waals surface area contributed by atoms with E-state index in [9.17, 15) is 0 Å². The number of allylic oxidation sites excluding steroid dienone is 2. The summed E-state index contributed by atoms with van der Waals surface area (Å²) in [5, 5.41) is 0. The van der Waals surface area contributed by atoms with Gasteiger partial charge in [-0.15, -0.1) is 0 Å². The molecule has 2 aliphatic carbocycles. The molecule has 0 unspecified atom stereocenters. The maximum Gasteiger partial charge on any atom is 0.231 e. The number of fused-ring (bicyclic) bond motifs is 4. The highest BCUT2D eigenvalue weighted by Gasteiger charge is 2.26. The van der Waals surface area contributed by atoms with Crippen LogP contribution in [0.3, 0.4) is 0 Å². The predicted octanol–water partition coefficient (Wildman–Crippen LogP) is 5.51. The monoisotopic (exact) mass is 423 g/mol. The molecular formula is C27H21NO4. The molecule has 2 aliphatic heterocycles. The average Bonchev–Trinajstić information content (AvgIpc) is 3.59. The van der Waals surface area contributed by atoms with Gasteiger partial charge in [0.1, 0.15) is 0 Å². The van der Waals surface area contributed by atoms with Gasteiger partial charge in [0.25, 0.3) is 0 Å². The van der Waals surface area contributed by atoms with Crippen molar-refractivity contribution in [3.63, 3.8) is 0 Å². The predicted molar refractivity (Wildman–Crippen MR) is 122 cm³/mol. The van der Waals surface area contributed by atoms with Crippen molar-refractivity contribution in [1.82, 2.24) is 4.98 Å². The second-order valence-corrected chi connectivity index (χ2v) is 8.57. The molecule has 158 valence electrons. The SMILES string of the molecule is C(=C1CCc2cc3c(nc21)C(=Cc1ccc2c(c1)OCO2)CC3)c1ccc2c(c1)OCO2. The summed E-state index contributed by atoms with van der Waals surface area (Å²) >= 11 is 0. The zero-order chi connectivity index (χ0) is 21.1. The second-order valence-electron chi connectivity index (χ2n) is 8.57. The van der Waals surface area contributed by atoms with Crippen molar-refractivity contribution in [1.29, 1.82) is 0 Å². The van der Waals surface area contributed by atoms with E-state index >= 15 is 0 Å². The highest BCUT2D eigenvalue weighted by molar-refractivity contribution is 5.88. The molecule has 4 aliphatic rings. The largest absolute Gasteiger partial charge is 0.454 e. The number of benzene rings is 2. The Balaban J connectivity index is 1.25. The lowest BCUT2D eigenvalue weighted by Crippen LogP contribution is -1.95. The topological polar surface area (TPSA) is 49.8 Å². The summed E-state index contributed by atoms with van der Waals surface area (Å²) in [6.07, 6.45) is 8.61. The molecule has 2 aromatic carbocycles. The molecule has 3 aromatic rings. The van der Waals surface area contributed by atoms with E-state index in [2.05, 4.69) is 30.4 Å². The van der Waals surface area contributed by atoms with Gasteiger partial charge < -0.3 is 18.9 Å². The lowest BCUT2D eigenvalue weighted by molar-refractivity contribution is 0.173. The molecule has 0 amide bonds. The Labute approximate surface area is 185 Å². The van der Waals surface area contributed by atoms with Gasteiger partial charge in [0.2, 0.25) is 13.6 Å². The van der Waals surface area contributed by atoms with Crippen LogP contribution in [0.4, 0.5) is 0 Å². The minimum absolute atomic E-state index is 0.296. The second kappa shape index (κ2) is 6.89. The molecule has 5 nitrogen and oxygen atoms in total. The van der Waals surface area contributed by atoms with Crippen molar-refractivity contribution < 1.29 is 18.9 Å². The number of hydrogen-bond donors (Lipinski definition) is 0. The Bertz CT molecular complexity index is 1240. The van der Waals surface area contributed by atoms with E-state index in [0.29, 0.717) is 13.6 Å². The van der Waals surface area contributed by atoms with Crippen molar-refractivity contribution >= 4 is 23.3 Å². The molecule has 0 saturated carbocycles. The fourth-order valence-electron chi connectivity index (χ4n) is 5.00. The summed E-state index contributed by atoms with van der Waals surface area (Å²) in [5.74, 6) is 3.25. The standard InChI is InChI=1S/C27H21NO4/c1-7-22-24(31-14-29-22)11-16(1)9-18-3-5-20-13-21-6-4-19(27(21)28-26(18)20)10-17-2-8-23-25(12-17)32-15-30-23/h1-2,7-13H,3-6,14-15H2. The van der Waals surface area contributed by atoms with E-state index in [1.807, 2.05) is 24.3 Å². The van der Waals surface area contributed by atoms with Gasteiger partial charge >= 0.3 is 0 Å². The van der Waals surface area contributed by atoms with Crippen molar-refractivity contribution in [2.45, 2.75) is 25.7 Å². The van der Waals surface area contributed by atoms with Gasteiger partial charge in [0.05, 0.1) is 11.4 Å².